The standard InChI is InChI=1S/C17H12F4N2O2/c1-10(25-15-5-3-2-4-13(15)17(19,20)21)16(24)23-12-6-7-14(18)11(8-12)9-22/h2-8,10H,1H3,(H,23,24). The van der Waals surface area contributed by atoms with E-state index < -0.39 is 35.3 Å². The van der Waals surface area contributed by atoms with Crippen LogP contribution in [-0.2, 0) is 11.0 Å². The lowest BCUT2D eigenvalue weighted by molar-refractivity contribution is -0.140. The zero-order valence-electron chi connectivity index (χ0n) is 12.9. The Morgan fingerprint density at radius 2 is 1.92 bits per heavy atom. The number of rotatable bonds is 4. The van der Waals surface area contributed by atoms with Gasteiger partial charge in [0.1, 0.15) is 17.6 Å². The van der Waals surface area contributed by atoms with Crippen molar-refractivity contribution in [2.75, 3.05) is 5.32 Å². The summed E-state index contributed by atoms with van der Waals surface area (Å²) in [6.07, 6.45) is -5.87. The monoisotopic (exact) mass is 352 g/mol. The predicted octanol–water partition coefficient (Wildman–Crippen LogP) is 4.12. The van der Waals surface area contributed by atoms with E-state index in [4.69, 9.17) is 10.00 Å². The molecule has 0 fully saturated rings. The average Bonchev–Trinajstić information content (AvgIpc) is 2.56. The third-order valence-corrected chi connectivity index (χ3v) is 3.22. The average molecular weight is 352 g/mol. The second-order valence-corrected chi connectivity index (χ2v) is 5.05. The number of carbonyl (C=O) groups excluding carboxylic acids is 1. The fourth-order valence-corrected chi connectivity index (χ4v) is 1.98. The van der Waals surface area contributed by atoms with Gasteiger partial charge in [0.25, 0.3) is 5.91 Å². The highest BCUT2D eigenvalue weighted by Gasteiger charge is 2.34. The van der Waals surface area contributed by atoms with Gasteiger partial charge in [-0.3, -0.25) is 4.79 Å². The number of hydrogen-bond acceptors (Lipinski definition) is 3. The van der Waals surface area contributed by atoms with E-state index in [9.17, 15) is 22.4 Å². The number of nitrogens with zero attached hydrogens (tertiary/aromatic N) is 1. The fraction of sp³-hybridized carbons (Fsp3) is 0.176. The summed E-state index contributed by atoms with van der Waals surface area (Å²) in [5, 5.41) is 11.1. The van der Waals surface area contributed by atoms with Gasteiger partial charge in [0.15, 0.2) is 6.10 Å². The summed E-state index contributed by atoms with van der Waals surface area (Å²) in [5.41, 5.74) is -1.14. The summed E-state index contributed by atoms with van der Waals surface area (Å²) >= 11 is 0. The molecule has 2 aromatic carbocycles. The number of nitriles is 1. The van der Waals surface area contributed by atoms with Gasteiger partial charge >= 0.3 is 6.18 Å². The zero-order chi connectivity index (χ0) is 18.6. The van der Waals surface area contributed by atoms with Crippen LogP contribution < -0.4 is 10.1 Å². The molecule has 1 amide bonds. The van der Waals surface area contributed by atoms with E-state index in [-0.39, 0.29) is 11.3 Å². The first-order valence-corrected chi connectivity index (χ1v) is 7.05. The van der Waals surface area contributed by atoms with Gasteiger partial charge in [-0.2, -0.15) is 18.4 Å². The smallest absolute Gasteiger partial charge is 0.419 e. The number of hydrogen-bond donors (Lipinski definition) is 1. The van der Waals surface area contributed by atoms with Crippen LogP contribution in [0.5, 0.6) is 5.75 Å². The number of benzene rings is 2. The lowest BCUT2D eigenvalue weighted by Gasteiger charge is -2.18. The summed E-state index contributed by atoms with van der Waals surface area (Å²) in [4.78, 5) is 12.1. The van der Waals surface area contributed by atoms with Crippen molar-refractivity contribution in [3.63, 3.8) is 0 Å². The van der Waals surface area contributed by atoms with Crippen molar-refractivity contribution in [1.82, 2.24) is 0 Å². The minimum Gasteiger partial charge on any atom is -0.480 e. The van der Waals surface area contributed by atoms with Crippen molar-refractivity contribution in [2.24, 2.45) is 0 Å². The minimum absolute atomic E-state index is 0.127. The first-order chi connectivity index (χ1) is 11.7. The summed E-state index contributed by atoms with van der Waals surface area (Å²) < 4.78 is 57.1. The van der Waals surface area contributed by atoms with Crippen LogP contribution >= 0.6 is 0 Å². The SMILES string of the molecule is CC(Oc1ccccc1C(F)(F)F)C(=O)Nc1ccc(F)c(C#N)c1. The highest BCUT2D eigenvalue weighted by molar-refractivity contribution is 5.94. The van der Waals surface area contributed by atoms with Crippen molar-refractivity contribution >= 4 is 11.6 Å². The highest BCUT2D eigenvalue weighted by Crippen LogP contribution is 2.36. The van der Waals surface area contributed by atoms with E-state index in [2.05, 4.69) is 5.32 Å². The van der Waals surface area contributed by atoms with Crippen LogP contribution in [0.25, 0.3) is 0 Å². The lowest BCUT2D eigenvalue weighted by atomic mass is 10.2. The minimum atomic E-state index is -4.62. The molecular weight excluding hydrogens is 340 g/mol. The van der Waals surface area contributed by atoms with Gasteiger partial charge in [0.05, 0.1) is 11.1 Å². The van der Waals surface area contributed by atoms with Crippen molar-refractivity contribution in [3.05, 3.63) is 59.4 Å². The molecule has 0 bridgehead atoms. The number of alkyl halides is 3. The van der Waals surface area contributed by atoms with E-state index in [1.807, 2.05) is 0 Å². The Hall–Kier alpha value is -3.08. The Morgan fingerprint density at radius 1 is 1.24 bits per heavy atom. The molecule has 0 saturated carbocycles. The van der Waals surface area contributed by atoms with Gasteiger partial charge in [0.2, 0.25) is 0 Å². The van der Waals surface area contributed by atoms with E-state index in [0.717, 1.165) is 24.3 Å². The van der Waals surface area contributed by atoms with E-state index in [1.165, 1.54) is 25.1 Å². The normalized spacial score (nSPS) is 12.2. The quantitative estimate of drug-likeness (QED) is 0.842. The molecule has 0 saturated heterocycles. The summed E-state index contributed by atoms with van der Waals surface area (Å²) in [7, 11) is 0. The number of anilines is 1. The maximum absolute atomic E-state index is 13.2. The van der Waals surface area contributed by atoms with Crippen LogP contribution in [0.3, 0.4) is 0 Å². The highest BCUT2D eigenvalue weighted by atomic mass is 19.4. The molecule has 4 nitrogen and oxygen atoms in total. The molecule has 1 atom stereocenters. The Morgan fingerprint density at radius 3 is 2.56 bits per heavy atom. The molecule has 1 N–H and O–H groups in total. The Labute approximate surface area is 140 Å². The van der Waals surface area contributed by atoms with Crippen LogP contribution in [0, 0.1) is 17.1 Å². The molecular formula is C17H12F4N2O2. The van der Waals surface area contributed by atoms with E-state index in [1.54, 1.807) is 6.07 Å². The molecule has 0 radical (unpaired) electrons. The number of amides is 1. The lowest BCUT2D eigenvalue weighted by Crippen LogP contribution is -2.30. The first kappa shape index (κ1) is 18.3. The third kappa shape index (κ3) is 4.47. The topological polar surface area (TPSA) is 62.1 Å². The molecule has 2 rings (SSSR count). The van der Waals surface area contributed by atoms with Crippen molar-refractivity contribution in [1.29, 1.82) is 5.26 Å². The number of nitrogens with one attached hydrogen (secondary N) is 1. The van der Waals surface area contributed by atoms with Crippen LogP contribution in [0.1, 0.15) is 18.1 Å². The maximum Gasteiger partial charge on any atom is 0.419 e. The van der Waals surface area contributed by atoms with Gasteiger partial charge in [0, 0.05) is 5.69 Å². The van der Waals surface area contributed by atoms with Gasteiger partial charge in [-0.25, -0.2) is 4.39 Å². The number of carbonyl (C=O) groups is 1. The number of para-hydroxylation sites is 1. The summed E-state index contributed by atoms with van der Waals surface area (Å²) in [6.45, 7) is 1.28. The van der Waals surface area contributed by atoms with Gasteiger partial charge in [-0.1, -0.05) is 12.1 Å². The molecule has 130 valence electrons. The van der Waals surface area contributed by atoms with Crippen molar-refractivity contribution in [3.8, 4) is 11.8 Å². The van der Waals surface area contributed by atoms with Gasteiger partial charge in [-0.05, 0) is 37.3 Å². The van der Waals surface area contributed by atoms with Crippen LogP contribution in [-0.4, -0.2) is 12.0 Å². The molecule has 8 heteroatoms. The summed E-state index contributed by atoms with van der Waals surface area (Å²) in [6, 6.07) is 9.48. The first-order valence-electron chi connectivity index (χ1n) is 7.05. The molecule has 0 aliphatic carbocycles. The van der Waals surface area contributed by atoms with Gasteiger partial charge in [-0.15, -0.1) is 0 Å². The molecule has 0 aliphatic rings. The molecule has 0 spiro atoms. The molecule has 2 aromatic rings. The van der Waals surface area contributed by atoms with E-state index in [0.29, 0.717) is 0 Å². The Balaban J connectivity index is 2.13. The van der Waals surface area contributed by atoms with Crippen LogP contribution in [0.15, 0.2) is 42.5 Å². The molecule has 0 aromatic heterocycles. The van der Waals surface area contributed by atoms with Gasteiger partial charge < -0.3 is 10.1 Å². The van der Waals surface area contributed by atoms with Crippen molar-refractivity contribution in [2.45, 2.75) is 19.2 Å². The molecule has 1 unspecified atom stereocenters. The predicted molar refractivity (Wildman–Crippen MR) is 81.3 cm³/mol. The second kappa shape index (κ2) is 7.21. The van der Waals surface area contributed by atoms with E-state index >= 15 is 0 Å². The Kier molecular flexibility index (Phi) is 5.27. The zero-order valence-corrected chi connectivity index (χ0v) is 12.9. The fourth-order valence-electron chi connectivity index (χ4n) is 1.98. The second-order valence-electron chi connectivity index (χ2n) is 5.05. The number of halogens is 4. The Bertz CT molecular complexity index is 828. The summed E-state index contributed by atoms with van der Waals surface area (Å²) in [5.74, 6) is -1.97. The number of ether oxygens (including phenoxy) is 1. The molecule has 25 heavy (non-hydrogen) atoms. The molecule has 0 heterocycles. The molecule has 0 aliphatic heterocycles. The van der Waals surface area contributed by atoms with Crippen molar-refractivity contribution < 1.29 is 27.1 Å². The maximum atomic E-state index is 13.2. The van der Waals surface area contributed by atoms with Crippen LogP contribution in [0.2, 0.25) is 0 Å². The van der Waals surface area contributed by atoms with Crippen LogP contribution in [0.4, 0.5) is 23.2 Å². The largest absolute Gasteiger partial charge is 0.480 e. The third-order valence-electron chi connectivity index (χ3n) is 3.22.